The van der Waals surface area contributed by atoms with Gasteiger partial charge in [0.25, 0.3) is 0 Å². The molecule has 192 valence electrons. The van der Waals surface area contributed by atoms with Crippen LogP contribution in [0.15, 0.2) is 60.7 Å². The highest BCUT2D eigenvalue weighted by Gasteiger charge is 2.36. The van der Waals surface area contributed by atoms with Crippen molar-refractivity contribution in [3.63, 3.8) is 0 Å². The van der Waals surface area contributed by atoms with Crippen molar-refractivity contribution in [2.24, 2.45) is 0 Å². The number of methoxy groups -OCH3 is 2. The predicted octanol–water partition coefficient (Wildman–Crippen LogP) is 5.66. The molecule has 0 N–H and O–H groups in total. The first kappa shape index (κ1) is 24.7. The van der Waals surface area contributed by atoms with Crippen LogP contribution in [0.25, 0.3) is 11.0 Å². The van der Waals surface area contributed by atoms with Crippen LogP contribution >= 0.6 is 0 Å². The molecule has 1 aliphatic heterocycles. The van der Waals surface area contributed by atoms with Gasteiger partial charge in [0.05, 0.1) is 37.5 Å². The number of carbonyl (C=O) groups excluding carboxylic acids is 1. The zero-order chi connectivity index (χ0) is 25.9. The lowest BCUT2D eigenvalue weighted by Crippen LogP contribution is -2.25. The Morgan fingerprint density at radius 1 is 0.946 bits per heavy atom. The Balaban J connectivity index is 1.36. The summed E-state index contributed by atoms with van der Waals surface area (Å²) < 4.78 is 19.2. The van der Waals surface area contributed by atoms with Crippen molar-refractivity contribution in [1.29, 1.82) is 0 Å². The monoisotopic (exact) mass is 499 g/mol. The number of imidazole rings is 1. The van der Waals surface area contributed by atoms with Crippen LogP contribution in [0.1, 0.15) is 35.7 Å². The smallest absolute Gasteiger partial charge is 0.227 e. The average Bonchev–Trinajstić information content (AvgIpc) is 3.48. The SMILES string of the molecule is COc1ccc(OC)c(N2CC(c3nc4ccccc4n3CCCOc3ccc(C)c(C)c3)CC2=O)c1. The molecule has 0 aliphatic carbocycles. The van der Waals surface area contributed by atoms with Crippen molar-refractivity contribution in [1.82, 2.24) is 9.55 Å². The molecule has 1 atom stereocenters. The van der Waals surface area contributed by atoms with Gasteiger partial charge < -0.3 is 23.7 Å². The minimum Gasteiger partial charge on any atom is -0.497 e. The Morgan fingerprint density at radius 2 is 1.76 bits per heavy atom. The van der Waals surface area contributed by atoms with E-state index < -0.39 is 0 Å². The maximum absolute atomic E-state index is 13.2. The van der Waals surface area contributed by atoms with E-state index in [1.165, 1.54) is 11.1 Å². The van der Waals surface area contributed by atoms with Gasteiger partial charge in [-0.25, -0.2) is 4.98 Å². The molecule has 1 aromatic heterocycles. The minimum atomic E-state index is -0.0310. The Hall–Kier alpha value is -4.00. The van der Waals surface area contributed by atoms with Crippen LogP contribution in [0.3, 0.4) is 0 Å². The summed E-state index contributed by atoms with van der Waals surface area (Å²) in [4.78, 5) is 20.0. The van der Waals surface area contributed by atoms with Crippen LogP contribution in [-0.4, -0.2) is 42.8 Å². The molecule has 3 aromatic carbocycles. The van der Waals surface area contributed by atoms with Crippen molar-refractivity contribution in [2.45, 2.75) is 39.2 Å². The molecule has 5 rings (SSSR count). The van der Waals surface area contributed by atoms with Gasteiger partial charge >= 0.3 is 0 Å². The zero-order valence-electron chi connectivity index (χ0n) is 21.9. The largest absolute Gasteiger partial charge is 0.497 e. The number of para-hydroxylation sites is 2. The van der Waals surface area contributed by atoms with Crippen LogP contribution in [0.2, 0.25) is 0 Å². The molecule has 1 unspecified atom stereocenters. The van der Waals surface area contributed by atoms with Crippen LogP contribution in [0.5, 0.6) is 17.2 Å². The lowest BCUT2D eigenvalue weighted by molar-refractivity contribution is -0.117. The molecule has 1 amide bonds. The highest BCUT2D eigenvalue weighted by Crippen LogP contribution is 2.39. The first-order valence-corrected chi connectivity index (χ1v) is 12.7. The van der Waals surface area contributed by atoms with Gasteiger partial charge in [0.1, 0.15) is 23.1 Å². The normalized spacial score (nSPS) is 15.4. The summed E-state index contributed by atoms with van der Waals surface area (Å²) in [5, 5.41) is 0. The van der Waals surface area contributed by atoms with E-state index in [9.17, 15) is 4.79 Å². The number of benzene rings is 3. The van der Waals surface area contributed by atoms with Crippen molar-refractivity contribution >= 4 is 22.6 Å². The molecule has 7 heteroatoms. The maximum atomic E-state index is 13.2. The fourth-order valence-corrected chi connectivity index (χ4v) is 4.98. The summed E-state index contributed by atoms with van der Waals surface area (Å²) >= 11 is 0. The molecule has 0 saturated carbocycles. The van der Waals surface area contributed by atoms with Gasteiger partial charge in [-0.15, -0.1) is 0 Å². The van der Waals surface area contributed by atoms with Gasteiger partial charge in [-0.1, -0.05) is 18.2 Å². The van der Waals surface area contributed by atoms with E-state index in [2.05, 4.69) is 36.6 Å². The molecule has 0 spiro atoms. The third kappa shape index (κ3) is 4.99. The number of amides is 1. The highest BCUT2D eigenvalue weighted by molar-refractivity contribution is 5.98. The molecule has 0 radical (unpaired) electrons. The number of nitrogens with zero attached hydrogens (tertiary/aromatic N) is 3. The highest BCUT2D eigenvalue weighted by atomic mass is 16.5. The van der Waals surface area contributed by atoms with Gasteiger partial charge in [-0.05, 0) is 67.8 Å². The number of anilines is 1. The quantitative estimate of drug-likeness (QED) is 0.278. The standard InChI is InChI=1S/C30H33N3O4/c1-20-10-11-24(16-21(20)2)37-15-7-14-32-26-9-6-5-8-25(26)31-30(32)22-17-29(34)33(19-22)27-18-23(35-3)12-13-28(27)36-4/h5-6,8-13,16,18,22H,7,14-15,17,19H2,1-4H3. The molecule has 1 aliphatic rings. The summed E-state index contributed by atoms with van der Waals surface area (Å²) in [5.74, 6) is 3.17. The molecule has 2 heterocycles. The lowest BCUT2D eigenvalue weighted by atomic mass is 10.1. The second kappa shape index (κ2) is 10.5. The molecule has 1 saturated heterocycles. The van der Waals surface area contributed by atoms with Gasteiger partial charge in [0.15, 0.2) is 0 Å². The van der Waals surface area contributed by atoms with E-state index in [1.54, 1.807) is 19.1 Å². The van der Waals surface area contributed by atoms with E-state index in [0.29, 0.717) is 31.1 Å². The van der Waals surface area contributed by atoms with Crippen molar-refractivity contribution in [3.8, 4) is 17.2 Å². The van der Waals surface area contributed by atoms with Crippen LogP contribution in [-0.2, 0) is 11.3 Å². The molecular weight excluding hydrogens is 466 g/mol. The van der Waals surface area contributed by atoms with Crippen molar-refractivity contribution < 1.29 is 19.0 Å². The van der Waals surface area contributed by atoms with E-state index in [0.717, 1.165) is 41.3 Å². The second-order valence-electron chi connectivity index (χ2n) is 9.50. The van der Waals surface area contributed by atoms with E-state index in [-0.39, 0.29) is 11.8 Å². The van der Waals surface area contributed by atoms with Crippen molar-refractivity contribution in [2.75, 3.05) is 32.3 Å². The maximum Gasteiger partial charge on any atom is 0.227 e. The Labute approximate surface area is 217 Å². The number of ether oxygens (including phenoxy) is 3. The molecular formula is C30H33N3O4. The Morgan fingerprint density at radius 3 is 2.54 bits per heavy atom. The number of carbonyl (C=O) groups is 1. The minimum absolute atomic E-state index is 0.0310. The topological polar surface area (TPSA) is 65.8 Å². The number of rotatable bonds is 9. The number of aromatic nitrogens is 2. The lowest BCUT2D eigenvalue weighted by Gasteiger charge is -2.20. The summed E-state index contributed by atoms with van der Waals surface area (Å²) in [7, 11) is 3.23. The van der Waals surface area contributed by atoms with Gasteiger partial charge in [0.2, 0.25) is 5.91 Å². The molecule has 37 heavy (non-hydrogen) atoms. The molecule has 7 nitrogen and oxygen atoms in total. The van der Waals surface area contributed by atoms with E-state index in [1.807, 2.05) is 42.5 Å². The summed E-state index contributed by atoms with van der Waals surface area (Å²) in [6.45, 7) is 6.09. The van der Waals surface area contributed by atoms with E-state index in [4.69, 9.17) is 19.2 Å². The first-order chi connectivity index (χ1) is 18.0. The Bertz CT molecular complexity index is 1430. The summed E-state index contributed by atoms with van der Waals surface area (Å²) in [5.41, 5.74) is 5.22. The first-order valence-electron chi connectivity index (χ1n) is 12.7. The average molecular weight is 500 g/mol. The van der Waals surface area contributed by atoms with Gasteiger partial charge in [0, 0.05) is 31.5 Å². The number of aryl methyl sites for hydroxylation is 3. The van der Waals surface area contributed by atoms with Crippen LogP contribution < -0.4 is 19.1 Å². The third-order valence-electron chi connectivity index (χ3n) is 7.12. The van der Waals surface area contributed by atoms with Crippen LogP contribution in [0, 0.1) is 13.8 Å². The fraction of sp³-hybridized carbons (Fsp3) is 0.333. The zero-order valence-corrected chi connectivity index (χ0v) is 21.9. The third-order valence-corrected chi connectivity index (χ3v) is 7.12. The van der Waals surface area contributed by atoms with Gasteiger partial charge in [-0.2, -0.15) is 0 Å². The number of fused-ring (bicyclic) bond motifs is 1. The predicted molar refractivity (Wildman–Crippen MR) is 145 cm³/mol. The summed E-state index contributed by atoms with van der Waals surface area (Å²) in [6, 6.07) is 19.9. The summed E-state index contributed by atoms with van der Waals surface area (Å²) in [6.07, 6.45) is 1.22. The number of hydrogen-bond acceptors (Lipinski definition) is 5. The van der Waals surface area contributed by atoms with E-state index >= 15 is 0 Å². The fourth-order valence-electron chi connectivity index (χ4n) is 4.98. The molecule has 4 aromatic rings. The molecule has 1 fully saturated rings. The Kier molecular flexibility index (Phi) is 7.04. The van der Waals surface area contributed by atoms with Crippen molar-refractivity contribution in [3.05, 3.63) is 77.6 Å². The second-order valence-corrected chi connectivity index (χ2v) is 9.50. The molecule has 0 bridgehead atoms. The number of hydrogen-bond donors (Lipinski definition) is 0. The van der Waals surface area contributed by atoms with Crippen LogP contribution in [0.4, 0.5) is 5.69 Å². The van der Waals surface area contributed by atoms with Gasteiger partial charge in [-0.3, -0.25) is 4.79 Å².